The molecule has 1 aromatic heterocycles. The number of carbonyl (C=O) groups is 2. The Balaban J connectivity index is 1.13. The van der Waals surface area contributed by atoms with Crippen molar-refractivity contribution in [3.8, 4) is 11.3 Å². The zero-order valence-corrected chi connectivity index (χ0v) is 24.6. The number of carbonyl (C=O) groups excluding carboxylic acids is 2. The van der Waals surface area contributed by atoms with Crippen LogP contribution >= 0.6 is 23.2 Å². The molecule has 1 heterocycles. The van der Waals surface area contributed by atoms with Gasteiger partial charge in [0.2, 0.25) is 5.91 Å². The highest BCUT2D eigenvalue weighted by molar-refractivity contribution is 6.18. The highest BCUT2D eigenvalue weighted by Crippen LogP contribution is 2.25. The molecule has 8 nitrogen and oxygen atoms in total. The van der Waals surface area contributed by atoms with E-state index in [0.29, 0.717) is 48.9 Å². The Kier molecular flexibility index (Phi) is 11.5. The third-order valence-corrected chi connectivity index (χ3v) is 7.11. The molecule has 0 unspecified atom stereocenters. The van der Waals surface area contributed by atoms with Gasteiger partial charge < -0.3 is 25.7 Å². The molecule has 41 heavy (non-hydrogen) atoms. The molecule has 0 atom stereocenters. The molecular formula is C31H37Cl2N5O3. The summed E-state index contributed by atoms with van der Waals surface area (Å²) in [6.07, 6.45) is 4.16. The van der Waals surface area contributed by atoms with Crippen molar-refractivity contribution in [3.05, 3.63) is 77.6 Å². The molecular weight excluding hydrogens is 561 g/mol. The number of aliphatic imine (C=N–C) groups is 1. The van der Waals surface area contributed by atoms with E-state index in [4.69, 9.17) is 33.4 Å². The van der Waals surface area contributed by atoms with E-state index in [2.05, 4.69) is 44.8 Å². The monoisotopic (exact) mass is 597 g/mol. The number of nitrogens with two attached hydrogens (primary N) is 1. The zero-order valence-electron chi connectivity index (χ0n) is 23.1. The topological polar surface area (TPSA) is 113 Å². The summed E-state index contributed by atoms with van der Waals surface area (Å²) in [4.78, 5) is 31.3. The van der Waals surface area contributed by atoms with Crippen molar-refractivity contribution < 1.29 is 14.0 Å². The normalized spacial score (nSPS) is 13.2. The zero-order chi connectivity index (χ0) is 29.0. The lowest BCUT2D eigenvalue weighted by Crippen LogP contribution is -2.34. The van der Waals surface area contributed by atoms with Crippen LogP contribution in [-0.2, 0) is 11.2 Å². The Hall–Kier alpha value is -3.49. The third-order valence-electron chi connectivity index (χ3n) is 6.78. The molecule has 0 aliphatic heterocycles. The number of benzene rings is 2. The first-order chi connectivity index (χ1) is 20.0. The van der Waals surface area contributed by atoms with Crippen LogP contribution in [0.1, 0.15) is 47.4 Å². The van der Waals surface area contributed by atoms with E-state index in [9.17, 15) is 9.59 Å². The Labute approximate surface area is 251 Å². The van der Waals surface area contributed by atoms with Crippen molar-refractivity contribution in [1.82, 2.24) is 10.6 Å². The van der Waals surface area contributed by atoms with Crippen LogP contribution in [0.25, 0.3) is 11.3 Å². The maximum atomic E-state index is 12.5. The molecule has 3 aromatic rings. The molecule has 1 aliphatic carbocycles. The standard InChI is InChI=1S/C31H37Cl2N5O3/c32-16-20-38(21-17-33)26-12-4-22(5-13-26)2-1-3-29(39)35-18-19-36-31(40)28-15-14-27(41-28)23-6-8-24(9-7-23)30(34)37-25-10-11-25/h4-9,12-15,25H,1-3,10-11,16-21H2,(H2,34,37)(H,35,39)(H,36,40). The van der Waals surface area contributed by atoms with Gasteiger partial charge in [0, 0.05) is 61.2 Å². The summed E-state index contributed by atoms with van der Waals surface area (Å²) in [7, 11) is 0. The van der Waals surface area contributed by atoms with Gasteiger partial charge in [-0.15, -0.1) is 23.2 Å². The summed E-state index contributed by atoms with van der Waals surface area (Å²) in [5.41, 5.74) is 10.0. The fourth-order valence-corrected chi connectivity index (χ4v) is 4.76. The summed E-state index contributed by atoms with van der Waals surface area (Å²) in [6, 6.07) is 19.7. The second-order valence-electron chi connectivity index (χ2n) is 9.98. The van der Waals surface area contributed by atoms with Gasteiger partial charge in [0.05, 0.1) is 6.04 Å². The lowest BCUT2D eigenvalue weighted by molar-refractivity contribution is -0.121. The lowest BCUT2D eigenvalue weighted by Gasteiger charge is -2.23. The fourth-order valence-electron chi connectivity index (χ4n) is 4.35. The first-order valence-corrected chi connectivity index (χ1v) is 15.1. The van der Waals surface area contributed by atoms with Crippen molar-refractivity contribution in [1.29, 1.82) is 0 Å². The van der Waals surface area contributed by atoms with E-state index in [-0.39, 0.29) is 17.6 Å². The molecule has 0 radical (unpaired) electrons. The van der Waals surface area contributed by atoms with E-state index >= 15 is 0 Å². The highest BCUT2D eigenvalue weighted by atomic mass is 35.5. The summed E-state index contributed by atoms with van der Waals surface area (Å²) in [5.74, 6) is 2.06. The number of nitrogens with zero attached hydrogens (tertiary/aromatic N) is 2. The van der Waals surface area contributed by atoms with Gasteiger partial charge in [-0.1, -0.05) is 36.4 Å². The number of rotatable bonds is 16. The Bertz CT molecular complexity index is 1300. The molecule has 2 amide bonds. The van der Waals surface area contributed by atoms with E-state index < -0.39 is 0 Å². The number of amidine groups is 1. The maximum Gasteiger partial charge on any atom is 0.287 e. The number of alkyl halides is 2. The lowest BCUT2D eigenvalue weighted by atomic mass is 10.1. The second kappa shape index (κ2) is 15.5. The third kappa shape index (κ3) is 9.54. The van der Waals surface area contributed by atoms with Crippen LogP contribution in [0.5, 0.6) is 0 Å². The average molecular weight is 599 g/mol. The predicted molar refractivity (Wildman–Crippen MR) is 166 cm³/mol. The average Bonchev–Trinajstić information content (AvgIpc) is 3.66. The molecule has 0 bridgehead atoms. The van der Waals surface area contributed by atoms with Gasteiger partial charge in [-0.3, -0.25) is 14.6 Å². The van der Waals surface area contributed by atoms with Gasteiger partial charge >= 0.3 is 0 Å². The maximum absolute atomic E-state index is 12.5. The van der Waals surface area contributed by atoms with Crippen molar-refractivity contribution >= 4 is 46.5 Å². The van der Waals surface area contributed by atoms with Crippen molar-refractivity contribution in [2.45, 2.75) is 38.1 Å². The van der Waals surface area contributed by atoms with Gasteiger partial charge in [-0.05, 0) is 55.5 Å². The van der Waals surface area contributed by atoms with Crippen molar-refractivity contribution in [3.63, 3.8) is 0 Å². The minimum atomic E-state index is -0.331. The number of nitrogens with one attached hydrogen (secondary N) is 2. The molecule has 4 N–H and O–H groups in total. The van der Waals surface area contributed by atoms with Crippen molar-refractivity contribution in [2.24, 2.45) is 10.7 Å². The number of hydrogen-bond donors (Lipinski definition) is 3. The molecule has 0 saturated heterocycles. The number of halogens is 2. The highest BCUT2D eigenvalue weighted by Gasteiger charge is 2.20. The SMILES string of the molecule is NC(=NC1CC1)c1ccc(-c2ccc(C(=O)NCCNC(=O)CCCc3ccc(N(CCCl)CCCl)cc3)o2)cc1. The molecule has 1 saturated carbocycles. The van der Waals surface area contributed by atoms with Crippen LogP contribution in [0.2, 0.25) is 0 Å². The van der Waals surface area contributed by atoms with Gasteiger partial charge in [0.15, 0.2) is 5.76 Å². The van der Waals surface area contributed by atoms with E-state index in [1.54, 1.807) is 12.1 Å². The van der Waals surface area contributed by atoms with Crippen LogP contribution < -0.4 is 21.3 Å². The first-order valence-electron chi connectivity index (χ1n) is 14.0. The molecule has 218 valence electrons. The van der Waals surface area contributed by atoms with Crippen LogP contribution in [0.3, 0.4) is 0 Å². The largest absolute Gasteiger partial charge is 0.451 e. The first kappa shape index (κ1) is 30.5. The number of amides is 2. The summed E-state index contributed by atoms with van der Waals surface area (Å²) in [5, 5.41) is 5.63. The number of furan rings is 1. The van der Waals surface area contributed by atoms with Gasteiger partial charge in [-0.25, -0.2) is 0 Å². The molecule has 1 aliphatic rings. The molecule has 2 aromatic carbocycles. The van der Waals surface area contributed by atoms with E-state index in [0.717, 1.165) is 55.6 Å². The van der Waals surface area contributed by atoms with E-state index in [1.165, 1.54) is 5.56 Å². The van der Waals surface area contributed by atoms with Crippen LogP contribution in [0.4, 0.5) is 5.69 Å². The fraction of sp³-hybridized carbons (Fsp3) is 0.387. The quantitative estimate of drug-likeness (QED) is 0.0934. The molecule has 10 heteroatoms. The summed E-state index contributed by atoms with van der Waals surface area (Å²) < 4.78 is 5.75. The molecule has 1 fully saturated rings. The molecule has 4 rings (SSSR count). The van der Waals surface area contributed by atoms with Crippen LogP contribution in [0.15, 0.2) is 70.1 Å². The van der Waals surface area contributed by atoms with Crippen LogP contribution in [0, 0.1) is 0 Å². The summed E-state index contributed by atoms with van der Waals surface area (Å²) >= 11 is 11.8. The van der Waals surface area contributed by atoms with E-state index in [1.807, 2.05) is 24.3 Å². The summed E-state index contributed by atoms with van der Waals surface area (Å²) in [6.45, 7) is 2.14. The Morgan fingerprint density at radius 3 is 2.27 bits per heavy atom. The Morgan fingerprint density at radius 2 is 1.61 bits per heavy atom. The number of anilines is 1. The second-order valence-corrected chi connectivity index (χ2v) is 10.7. The predicted octanol–water partition coefficient (Wildman–Crippen LogP) is 4.97. The minimum absolute atomic E-state index is 0.0437. The van der Waals surface area contributed by atoms with Crippen molar-refractivity contribution in [2.75, 3.05) is 42.8 Å². The van der Waals surface area contributed by atoms with Gasteiger partial charge in [-0.2, -0.15) is 0 Å². The van der Waals surface area contributed by atoms with Gasteiger partial charge in [0.1, 0.15) is 11.6 Å². The minimum Gasteiger partial charge on any atom is -0.451 e. The number of aryl methyl sites for hydroxylation is 1. The smallest absolute Gasteiger partial charge is 0.287 e. The molecule has 0 spiro atoms. The Morgan fingerprint density at radius 1 is 0.927 bits per heavy atom. The van der Waals surface area contributed by atoms with Gasteiger partial charge in [0.25, 0.3) is 5.91 Å². The number of hydrogen-bond acceptors (Lipinski definition) is 5. The van der Waals surface area contributed by atoms with Crippen LogP contribution in [-0.4, -0.2) is 61.6 Å².